The average Bonchev–Trinajstić information content (AvgIpc) is 3.02. The standard InChI is InChI=1S/C18H19N3O2S/c22-15-9-11(17(23)13-6-2-1-5-12(13)15)10-19-21-18-20-14-7-3-4-8-16(14)24-18/h2-4,6-10,12-13,15,17,22-23H,1,5H2,(H,20,21)/b19-10+. The van der Waals surface area contributed by atoms with Gasteiger partial charge in [0.1, 0.15) is 0 Å². The number of rotatable bonds is 3. The summed E-state index contributed by atoms with van der Waals surface area (Å²) in [5.74, 6) is 0.0574. The van der Waals surface area contributed by atoms with Crippen LogP contribution in [0.4, 0.5) is 5.13 Å². The van der Waals surface area contributed by atoms with E-state index in [0.29, 0.717) is 10.7 Å². The number of anilines is 1. The van der Waals surface area contributed by atoms with Crippen molar-refractivity contribution < 1.29 is 10.2 Å². The van der Waals surface area contributed by atoms with Gasteiger partial charge in [-0.25, -0.2) is 4.98 Å². The van der Waals surface area contributed by atoms with Gasteiger partial charge in [-0.2, -0.15) is 5.10 Å². The van der Waals surface area contributed by atoms with Gasteiger partial charge in [0.25, 0.3) is 0 Å². The predicted octanol–water partition coefficient (Wildman–Crippen LogP) is 2.94. The molecule has 0 amide bonds. The van der Waals surface area contributed by atoms with Crippen molar-refractivity contribution in [1.82, 2.24) is 4.98 Å². The summed E-state index contributed by atoms with van der Waals surface area (Å²) >= 11 is 1.52. The van der Waals surface area contributed by atoms with Gasteiger partial charge in [0.05, 0.1) is 28.6 Å². The third-order valence-corrected chi connectivity index (χ3v) is 5.64. The molecule has 5 nitrogen and oxygen atoms in total. The summed E-state index contributed by atoms with van der Waals surface area (Å²) in [7, 11) is 0. The molecule has 3 N–H and O–H groups in total. The number of hydrogen-bond donors (Lipinski definition) is 3. The lowest BCUT2D eigenvalue weighted by molar-refractivity contribution is 0.0438. The molecular weight excluding hydrogens is 322 g/mol. The van der Waals surface area contributed by atoms with Crippen LogP contribution in [0.25, 0.3) is 10.2 Å². The maximum absolute atomic E-state index is 10.5. The Morgan fingerprint density at radius 2 is 2.17 bits per heavy atom. The molecule has 4 atom stereocenters. The first kappa shape index (κ1) is 15.5. The van der Waals surface area contributed by atoms with Crippen molar-refractivity contribution in [2.75, 3.05) is 5.43 Å². The number of fused-ring (bicyclic) bond motifs is 2. The number of hydrogen-bond acceptors (Lipinski definition) is 6. The lowest BCUT2D eigenvalue weighted by Gasteiger charge is -2.37. The van der Waals surface area contributed by atoms with Crippen LogP contribution >= 0.6 is 11.3 Å². The molecule has 0 bridgehead atoms. The lowest BCUT2D eigenvalue weighted by atomic mass is 9.71. The SMILES string of the molecule is OC1C=C(/C=N/Nc2nc3ccccc3s2)C(O)C2C=CCCC12. The van der Waals surface area contributed by atoms with E-state index < -0.39 is 12.2 Å². The highest BCUT2D eigenvalue weighted by Gasteiger charge is 2.37. The largest absolute Gasteiger partial charge is 0.389 e. The van der Waals surface area contributed by atoms with Crippen LogP contribution in [-0.2, 0) is 0 Å². The molecule has 2 aromatic rings. The quantitative estimate of drug-likeness (QED) is 0.456. The van der Waals surface area contributed by atoms with E-state index in [9.17, 15) is 10.2 Å². The molecule has 2 aliphatic rings. The number of nitrogens with one attached hydrogen (secondary N) is 1. The van der Waals surface area contributed by atoms with Crippen LogP contribution in [0.1, 0.15) is 12.8 Å². The molecule has 0 saturated carbocycles. The van der Waals surface area contributed by atoms with Crippen LogP contribution in [-0.4, -0.2) is 33.6 Å². The fraction of sp³-hybridized carbons (Fsp3) is 0.333. The Kier molecular flexibility index (Phi) is 4.18. The van der Waals surface area contributed by atoms with Crippen molar-refractivity contribution in [3.63, 3.8) is 0 Å². The number of aliphatic hydroxyl groups is 2. The number of benzene rings is 1. The molecule has 0 spiro atoms. The minimum absolute atomic E-state index is 0.0392. The van der Waals surface area contributed by atoms with E-state index in [1.807, 2.05) is 30.3 Å². The molecule has 0 fully saturated rings. The average molecular weight is 341 g/mol. The third-order valence-electron chi connectivity index (χ3n) is 4.70. The zero-order chi connectivity index (χ0) is 16.5. The van der Waals surface area contributed by atoms with E-state index >= 15 is 0 Å². The van der Waals surface area contributed by atoms with Gasteiger partial charge in [-0.3, -0.25) is 5.43 Å². The third kappa shape index (κ3) is 2.88. The number of thiazole rings is 1. The Balaban J connectivity index is 1.49. The second-order valence-electron chi connectivity index (χ2n) is 6.21. The van der Waals surface area contributed by atoms with Gasteiger partial charge in [-0.1, -0.05) is 35.6 Å². The van der Waals surface area contributed by atoms with Crippen molar-refractivity contribution in [3.05, 3.63) is 48.1 Å². The summed E-state index contributed by atoms with van der Waals surface area (Å²) in [5, 5.41) is 25.7. The Morgan fingerprint density at radius 3 is 3.04 bits per heavy atom. The topological polar surface area (TPSA) is 77.7 Å². The Bertz CT molecular complexity index is 794. The predicted molar refractivity (Wildman–Crippen MR) is 97.2 cm³/mol. The second-order valence-corrected chi connectivity index (χ2v) is 7.24. The van der Waals surface area contributed by atoms with Crippen LogP contribution in [0, 0.1) is 11.8 Å². The molecule has 1 heterocycles. The molecule has 6 heteroatoms. The summed E-state index contributed by atoms with van der Waals surface area (Å²) in [6.45, 7) is 0. The molecule has 1 aromatic carbocycles. The molecule has 24 heavy (non-hydrogen) atoms. The van der Waals surface area contributed by atoms with Crippen molar-refractivity contribution in [2.45, 2.75) is 25.0 Å². The second kappa shape index (κ2) is 6.47. The number of para-hydroxylation sites is 1. The van der Waals surface area contributed by atoms with Crippen LogP contribution in [0.3, 0.4) is 0 Å². The van der Waals surface area contributed by atoms with E-state index in [2.05, 4.69) is 21.6 Å². The van der Waals surface area contributed by atoms with Gasteiger partial charge in [0.2, 0.25) is 5.13 Å². The lowest BCUT2D eigenvalue weighted by Crippen LogP contribution is -2.40. The van der Waals surface area contributed by atoms with Crippen LogP contribution in [0.15, 0.2) is 53.2 Å². The van der Waals surface area contributed by atoms with Crippen molar-refractivity contribution in [2.24, 2.45) is 16.9 Å². The van der Waals surface area contributed by atoms with Gasteiger partial charge in [0.15, 0.2) is 0 Å². The number of aromatic nitrogens is 1. The Labute approximate surface area is 144 Å². The fourth-order valence-electron chi connectivity index (χ4n) is 3.46. The monoisotopic (exact) mass is 341 g/mol. The molecule has 1 aromatic heterocycles. The van der Waals surface area contributed by atoms with E-state index in [1.54, 1.807) is 12.3 Å². The van der Waals surface area contributed by atoms with Gasteiger partial charge in [-0.05, 0) is 42.5 Å². The van der Waals surface area contributed by atoms with E-state index in [4.69, 9.17) is 0 Å². The smallest absolute Gasteiger partial charge is 0.204 e. The Morgan fingerprint density at radius 1 is 1.29 bits per heavy atom. The highest BCUT2D eigenvalue weighted by atomic mass is 32.1. The molecule has 0 aliphatic heterocycles. The molecule has 0 radical (unpaired) electrons. The maximum Gasteiger partial charge on any atom is 0.204 e. The maximum atomic E-state index is 10.5. The first-order chi connectivity index (χ1) is 11.7. The fourth-order valence-corrected chi connectivity index (χ4v) is 4.27. The molecule has 0 saturated heterocycles. The van der Waals surface area contributed by atoms with E-state index in [1.165, 1.54) is 11.3 Å². The number of allylic oxidation sites excluding steroid dienone is 1. The number of hydrazone groups is 1. The van der Waals surface area contributed by atoms with Crippen molar-refractivity contribution in [3.8, 4) is 0 Å². The first-order valence-electron chi connectivity index (χ1n) is 8.11. The van der Waals surface area contributed by atoms with Gasteiger partial charge in [-0.15, -0.1) is 0 Å². The highest BCUT2D eigenvalue weighted by Crippen LogP contribution is 2.36. The number of aliphatic hydroxyl groups excluding tert-OH is 2. The van der Waals surface area contributed by atoms with Crippen molar-refractivity contribution in [1.29, 1.82) is 0 Å². The minimum atomic E-state index is -0.629. The van der Waals surface area contributed by atoms with Gasteiger partial charge < -0.3 is 10.2 Å². The van der Waals surface area contributed by atoms with Crippen LogP contribution in [0.2, 0.25) is 0 Å². The molecule has 2 aliphatic carbocycles. The van der Waals surface area contributed by atoms with Crippen molar-refractivity contribution >= 4 is 32.9 Å². The normalized spacial score (nSPS) is 29.7. The summed E-state index contributed by atoms with van der Waals surface area (Å²) < 4.78 is 1.10. The molecular formula is C18H19N3O2S. The Hall–Kier alpha value is -2.02. The van der Waals surface area contributed by atoms with E-state index in [0.717, 1.165) is 23.1 Å². The first-order valence-corrected chi connectivity index (χ1v) is 8.93. The molecule has 4 rings (SSSR count). The number of nitrogens with zero attached hydrogens (tertiary/aromatic N) is 2. The summed E-state index contributed by atoms with van der Waals surface area (Å²) in [5.41, 5.74) is 4.49. The summed E-state index contributed by atoms with van der Waals surface area (Å²) in [6.07, 6.45) is 8.10. The minimum Gasteiger partial charge on any atom is -0.389 e. The van der Waals surface area contributed by atoms with Gasteiger partial charge in [0, 0.05) is 5.92 Å². The van der Waals surface area contributed by atoms with Crippen LogP contribution < -0.4 is 5.43 Å². The zero-order valence-electron chi connectivity index (χ0n) is 13.0. The molecule has 4 unspecified atom stereocenters. The zero-order valence-corrected chi connectivity index (χ0v) is 13.9. The van der Waals surface area contributed by atoms with E-state index in [-0.39, 0.29) is 11.8 Å². The summed E-state index contributed by atoms with van der Waals surface area (Å²) in [4.78, 5) is 4.45. The molecule has 124 valence electrons. The van der Waals surface area contributed by atoms with Gasteiger partial charge >= 0.3 is 0 Å². The summed E-state index contributed by atoms with van der Waals surface area (Å²) in [6, 6.07) is 7.90. The van der Waals surface area contributed by atoms with Crippen LogP contribution in [0.5, 0.6) is 0 Å². The highest BCUT2D eigenvalue weighted by molar-refractivity contribution is 7.22.